The Hall–Kier alpha value is -4.45. The highest BCUT2D eigenvalue weighted by Crippen LogP contribution is 2.12. The van der Waals surface area contributed by atoms with E-state index in [2.05, 4.69) is 142 Å². The topological polar surface area (TPSA) is 78.9 Å². The number of carbonyl (C=O) groups excluding carboxylic acids is 3. The van der Waals surface area contributed by atoms with E-state index in [1.165, 1.54) is 51.4 Å². The molecule has 0 amide bonds. The molecule has 0 radical (unpaired) electrons. The summed E-state index contributed by atoms with van der Waals surface area (Å²) in [6.45, 7) is 6.34. The SMILES string of the molecule is CC/C=C\C/C=C\C/C=C\C/C=C\C/C=C\CCC(=O)OC(COC(=O)CCCCCCC\C=C/C=C\C=C/C=C\CCCCC)COC(=O)CCCCCCCC/C=C\C=C/CCCCC. The van der Waals surface area contributed by atoms with E-state index >= 15 is 0 Å². The molecule has 0 aliphatic carbocycles. The van der Waals surface area contributed by atoms with Gasteiger partial charge in [-0.05, 0) is 103 Å². The number of esters is 3. The van der Waals surface area contributed by atoms with E-state index in [4.69, 9.17) is 14.2 Å². The molecule has 0 aliphatic heterocycles. The van der Waals surface area contributed by atoms with Gasteiger partial charge in [0, 0.05) is 19.3 Å². The summed E-state index contributed by atoms with van der Waals surface area (Å²) in [6.07, 6.45) is 75.8. The molecule has 0 aliphatic rings. The predicted molar refractivity (Wildman–Crippen MR) is 288 cm³/mol. The van der Waals surface area contributed by atoms with Gasteiger partial charge in [0.1, 0.15) is 13.2 Å². The fraction of sp³-hybridized carbons (Fsp3) is 0.590. The molecule has 0 spiro atoms. The average molecular weight is 925 g/mol. The summed E-state index contributed by atoms with van der Waals surface area (Å²) in [5, 5.41) is 0. The lowest BCUT2D eigenvalue weighted by molar-refractivity contribution is -0.166. The maximum absolute atomic E-state index is 12.8. The fourth-order valence-electron chi connectivity index (χ4n) is 6.73. The van der Waals surface area contributed by atoms with Crippen LogP contribution in [0.2, 0.25) is 0 Å². The van der Waals surface area contributed by atoms with E-state index in [1.54, 1.807) is 0 Å². The van der Waals surface area contributed by atoms with Crippen molar-refractivity contribution in [2.45, 2.75) is 219 Å². The van der Waals surface area contributed by atoms with Crippen LogP contribution in [0.5, 0.6) is 0 Å². The standard InChI is InChI=1S/C61H96O6/c1-4-7-10-13-16-19-22-25-28-30-31-34-36-39-42-45-48-51-54-60(63)66-57-58(56-65-59(62)53-50-47-44-41-38-35-32-27-24-21-18-15-12-9-6-3)67-61(64)55-52-49-46-43-40-37-33-29-26-23-20-17-14-11-8-5-2/h8,11,16-22,24-31,34,37,40,46,49,58H,4-7,9-10,12-15,23,32-33,35-36,38-39,41-45,47-48,50-57H2,1-3H3/b11-8-,19-16-,20-17-,21-18-,25-22-,27-24-,29-26-,30-28-,34-31-,40-37-,49-46-. The first kappa shape index (κ1) is 62.5. The molecule has 0 saturated heterocycles. The maximum atomic E-state index is 12.8. The zero-order chi connectivity index (χ0) is 48.6. The highest BCUT2D eigenvalue weighted by molar-refractivity contribution is 5.71. The Bertz CT molecular complexity index is 1480. The van der Waals surface area contributed by atoms with Gasteiger partial charge in [-0.1, -0.05) is 225 Å². The van der Waals surface area contributed by atoms with Crippen LogP contribution in [0.25, 0.3) is 0 Å². The van der Waals surface area contributed by atoms with E-state index in [0.717, 1.165) is 116 Å². The van der Waals surface area contributed by atoms with Crippen molar-refractivity contribution in [3.8, 4) is 0 Å². The van der Waals surface area contributed by atoms with E-state index in [1.807, 2.05) is 12.2 Å². The van der Waals surface area contributed by atoms with Gasteiger partial charge in [0.05, 0.1) is 0 Å². The Morgan fingerprint density at radius 2 is 0.672 bits per heavy atom. The molecular formula is C61H96O6. The number of carbonyl (C=O) groups is 3. The van der Waals surface area contributed by atoms with E-state index in [9.17, 15) is 14.4 Å². The van der Waals surface area contributed by atoms with Crippen molar-refractivity contribution in [3.63, 3.8) is 0 Å². The van der Waals surface area contributed by atoms with Crippen molar-refractivity contribution in [2.24, 2.45) is 0 Å². The summed E-state index contributed by atoms with van der Waals surface area (Å²) in [7, 11) is 0. The molecule has 0 aromatic carbocycles. The Morgan fingerprint density at radius 1 is 0.328 bits per heavy atom. The lowest BCUT2D eigenvalue weighted by Gasteiger charge is -2.18. The maximum Gasteiger partial charge on any atom is 0.306 e. The van der Waals surface area contributed by atoms with Gasteiger partial charge in [-0.15, -0.1) is 0 Å². The summed E-state index contributed by atoms with van der Waals surface area (Å²) in [5.41, 5.74) is 0. The lowest BCUT2D eigenvalue weighted by Crippen LogP contribution is -2.30. The van der Waals surface area contributed by atoms with Gasteiger partial charge in [-0.2, -0.15) is 0 Å². The number of hydrogen-bond donors (Lipinski definition) is 0. The van der Waals surface area contributed by atoms with Crippen LogP contribution in [0.3, 0.4) is 0 Å². The quantitative estimate of drug-likeness (QED) is 0.0199. The third-order valence-corrected chi connectivity index (χ3v) is 10.7. The molecule has 67 heavy (non-hydrogen) atoms. The average Bonchev–Trinajstić information content (AvgIpc) is 3.33. The number of ether oxygens (including phenoxy) is 3. The Morgan fingerprint density at radius 3 is 1.09 bits per heavy atom. The van der Waals surface area contributed by atoms with Gasteiger partial charge < -0.3 is 14.2 Å². The first-order chi connectivity index (χ1) is 33.0. The van der Waals surface area contributed by atoms with Crippen molar-refractivity contribution in [2.75, 3.05) is 13.2 Å². The van der Waals surface area contributed by atoms with E-state index < -0.39 is 12.1 Å². The summed E-state index contributed by atoms with van der Waals surface area (Å²) >= 11 is 0. The molecule has 0 N–H and O–H groups in total. The fourth-order valence-corrected chi connectivity index (χ4v) is 6.73. The largest absolute Gasteiger partial charge is 0.462 e. The summed E-state index contributed by atoms with van der Waals surface area (Å²) in [6, 6.07) is 0. The van der Waals surface area contributed by atoms with Gasteiger partial charge in [0.2, 0.25) is 0 Å². The molecule has 0 saturated carbocycles. The Kier molecular flexibility index (Phi) is 50.6. The van der Waals surface area contributed by atoms with Crippen LogP contribution in [0.4, 0.5) is 0 Å². The first-order valence-electron chi connectivity index (χ1n) is 26.8. The molecular weight excluding hydrogens is 829 g/mol. The second-order valence-electron chi connectivity index (χ2n) is 17.2. The third kappa shape index (κ3) is 52.4. The second-order valence-corrected chi connectivity index (χ2v) is 17.2. The van der Waals surface area contributed by atoms with Crippen LogP contribution < -0.4 is 0 Å². The van der Waals surface area contributed by atoms with Crippen LogP contribution >= 0.6 is 0 Å². The van der Waals surface area contributed by atoms with Crippen molar-refractivity contribution in [3.05, 3.63) is 134 Å². The van der Waals surface area contributed by atoms with E-state index in [-0.39, 0.29) is 31.6 Å². The molecule has 6 nitrogen and oxygen atoms in total. The van der Waals surface area contributed by atoms with Crippen LogP contribution in [-0.2, 0) is 28.6 Å². The van der Waals surface area contributed by atoms with Crippen LogP contribution in [0.15, 0.2) is 134 Å². The highest BCUT2D eigenvalue weighted by Gasteiger charge is 2.19. The van der Waals surface area contributed by atoms with Crippen LogP contribution in [0, 0.1) is 0 Å². The minimum Gasteiger partial charge on any atom is -0.462 e. The van der Waals surface area contributed by atoms with Crippen molar-refractivity contribution in [1.82, 2.24) is 0 Å². The Labute approximate surface area is 411 Å². The summed E-state index contributed by atoms with van der Waals surface area (Å²) < 4.78 is 16.7. The van der Waals surface area contributed by atoms with Crippen molar-refractivity contribution < 1.29 is 28.6 Å². The molecule has 376 valence electrons. The summed E-state index contributed by atoms with van der Waals surface area (Å²) in [4.78, 5) is 38.0. The van der Waals surface area contributed by atoms with Gasteiger partial charge in [-0.3, -0.25) is 14.4 Å². The smallest absolute Gasteiger partial charge is 0.306 e. The molecule has 0 bridgehead atoms. The molecule has 1 unspecified atom stereocenters. The molecule has 0 fully saturated rings. The third-order valence-electron chi connectivity index (χ3n) is 10.7. The van der Waals surface area contributed by atoms with Gasteiger partial charge >= 0.3 is 17.9 Å². The van der Waals surface area contributed by atoms with Gasteiger partial charge in [0.15, 0.2) is 6.10 Å². The summed E-state index contributed by atoms with van der Waals surface area (Å²) in [5.74, 6) is -1.05. The number of allylic oxidation sites excluding steroid dienone is 22. The predicted octanol–water partition coefficient (Wildman–Crippen LogP) is 17.9. The number of hydrogen-bond acceptors (Lipinski definition) is 6. The lowest BCUT2D eigenvalue weighted by atomic mass is 10.1. The zero-order valence-corrected chi connectivity index (χ0v) is 42.9. The van der Waals surface area contributed by atoms with Crippen molar-refractivity contribution in [1.29, 1.82) is 0 Å². The van der Waals surface area contributed by atoms with Crippen LogP contribution in [-0.4, -0.2) is 37.2 Å². The molecule has 0 aromatic heterocycles. The minimum atomic E-state index is -0.838. The molecule has 0 heterocycles. The number of rotatable bonds is 46. The van der Waals surface area contributed by atoms with Gasteiger partial charge in [-0.25, -0.2) is 0 Å². The number of unbranched alkanes of at least 4 members (excludes halogenated alkanes) is 17. The zero-order valence-electron chi connectivity index (χ0n) is 42.9. The highest BCUT2D eigenvalue weighted by atomic mass is 16.6. The van der Waals surface area contributed by atoms with Gasteiger partial charge in [0.25, 0.3) is 0 Å². The minimum absolute atomic E-state index is 0.127. The van der Waals surface area contributed by atoms with E-state index in [0.29, 0.717) is 19.3 Å². The molecule has 0 aromatic rings. The normalized spacial score (nSPS) is 13.2. The monoisotopic (exact) mass is 925 g/mol. The van der Waals surface area contributed by atoms with Crippen molar-refractivity contribution >= 4 is 17.9 Å². The molecule has 1 atom stereocenters. The molecule has 0 rings (SSSR count). The van der Waals surface area contributed by atoms with Crippen LogP contribution in [0.1, 0.15) is 213 Å². The first-order valence-corrected chi connectivity index (χ1v) is 26.8. The second kappa shape index (κ2) is 54.2. The molecule has 6 heteroatoms. The Balaban J connectivity index is 4.59.